The summed E-state index contributed by atoms with van der Waals surface area (Å²) in [6.07, 6.45) is 1.78. The van der Waals surface area contributed by atoms with Crippen molar-refractivity contribution >= 4 is 5.91 Å². The molecule has 2 rings (SSSR count). The van der Waals surface area contributed by atoms with Crippen LogP contribution in [0.15, 0.2) is 24.3 Å². The molecule has 0 aliphatic heterocycles. The third-order valence-electron chi connectivity index (χ3n) is 4.09. The Morgan fingerprint density at radius 3 is 2.76 bits per heavy atom. The Hall–Kier alpha value is -1.46. The summed E-state index contributed by atoms with van der Waals surface area (Å²) >= 11 is 0. The van der Waals surface area contributed by atoms with Crippen molar-refractivity contribution in [1.29, 1.82) is 0 Å². The number of rotatable bonds is 7. The second-order valence-corrected chi connectivity index (χ2v) is 5.83. The second kappa shape index (κ2) is 7.00. The minimum absolute atomic E-state index is 0.163. The van der Waals surface area contributed by atoms with Crippen LogP contribution in [0.3, 0.4) is 0 Å². The van der Waals surface area contributed by atoms with E-state index in [1.54, 1.807) is 25.1 Å². The second-order valence-electron chi connectivity index (χ2n) is 5.83. The average Bonchev–Trinajstić information content (AvgIpc) is 3.29. The maximum atomic E-state index is 13.5. The van der Waals surface area contributed by atoms with Crippen molar-refractivity contribution < 1.29 is 14.3 Å². The smallest absolute Gasteiger partial charge is 0.237 e. The van der Waals surface area contributed by atoms with Gasteiger partial charge in [0.1, 0.15) is 5.82 Å². The highest BCUT2D eigenvalue weighted by molar-refractivity contribution is 5.81. The highest BCUT2D eigenvalue weighted by Crippen LogP contribution is 2.32. The fraction of sp³-hybridized carbons (Fsp3) is 0.562. The summed E-state index contributed by atoms with van der Waals surface area (Å²) in [5.41, 5.74) is 0.471. The summed E-state index contributed by atoms with van der Waals surface area (Å²) in [5.74, 6) is -0.0900. The maximum absolute atomic E-state index is 13.5. The fourth-order valence-corrected chi connectivity index (χ4v) is 2.26. The first kappa shape index (κ1) is 15.9. The zero-order valence-corrected chi connectivity index (χ0v) is 12.6. The van der Waals surface area contributed by atoms with E-state index in [0.29, 0.717) is 18.0 Å². The first-order chi connectivity index (χ1) is 9.99. The molecule has 1 saturated carbocycles. The van der Waals surface area contributed by atoms with E-state index in [0.717, 1.165) is 12.8 Å². The van der Waals surface area contributed by atoms with Crippen LogP contribution in [0.25, 0.3) is 0 Å². The molecule has 2 atom stereocenters. The van der Waals surface area contributed by atoms with Crippen LogP contribution >= 0.6 is 0 Å². The van der Waals surface area contributed by atoms with E-state index in [1.807, 2.05) is 11.9 Å². The van der Waals surface area contributed by atoms with Gasteiger partial charge in [0.25, 0.3) is 0 Å². The summed E-state index contributed by atoms with van der Waals surface area (Å²) in [4.78, 5) is 13.9. The number of carbonyl (C=O) groups is 1. The Bertz CT molecular complexity index is 491. The van der Waals surface area contributed by atoms with Crippen LogP contribution in [0.4, 0.5) is 4.39 Å². The Morgan fingerprint density at radius 1 is 1.48 bits per heavy atom. The number of carbonyl (C=O) groups excluding carboxylic acids is 1. The quantitative estimate of drug-likeness (QED) is 0.802. The summed E-state index contributed by atoms with van der Waals surface area (Å²) < 4.78 is 13.5. The molecule has 1 fully saturated rings. The molecule has 21 heavy (non-hydrogen) atoms. The summed E-state index contributed by atoms with van der Waals surface area (Å²) in [6, 6.07) is 6.04. The lowest BCUT2D eigenvalue weighted by Gasteiger charge is -2.26. The first-order valence-electron chi connectivity index (χ1n) is 7.38. The number of aliphatic hydroxyl groups excluding tert-OH is 1. The number of halogens is 1. The molecule has 0 radical (unpaired) electrons. The number of likely N-dealkylation sites (N-methyl/N-ethyl adjacent to an activating group) is 1. The van der Waals surface area contributed by atoms with Gasteiger partial charge in [-0.15, -0.1) is 0 Å². The van der Waals surface area contributed by atoms with Crippen molar-refractivity contribution in [2.45, 2.75) is 38.5 Å². The Kier molecular flexibility index (Phi) is 5.31. The standard InChI is InChI=1S/C16H23FN2O2/c1-11(19(2)10-15(20)12-7-8-12)16(21)18-9-13-5-3-4-6-14(13)17/h3-6,11-12,15,20H,7-10H2,1-2H3,(H,18,21). The molecular weight excluding hydrogens is 271 g/mol. The molecule has 2 unspecified atom stereocenters. The van der Waals surface area contributed by atoms with Gasteiger partial charge in [0.05, 0.1) is 12.1 Å². The van der Waals surface area contributed by atoms with Crippen LogP contribution in [0.1, 0.15) is 25.3 Å². The normalized spacial score (nSPS) is 17.6. The van der Waals surface area contributed by atoms with Crippen LogP contribution in [-0.2, 0) is 11.3 Å². The largest absolute Gasteiger partial charge is 0.392 e. The molecule has 0 saturated heterocycles. The van der Waals surface area contributed by atoms with Crippen molar-refractivity contribution in [3.8, 4) is 0 Å². The lowest BCUT2D eigenvalue weighted by Crippen LogP contribution is -2.46. The van der Waals surface area contributed by atoms with E-state index in [9.17, 15) is 14.3 Å². The van der Waals surface area contributed by atoms with Gasteiger partial charge in [-0.3, -0.25) is 9.69 Å². The summed E-state index contributed by atoms with van der Waals surface area (Å²) in [7, 11) is 1.82. The fourth-order valence-electron chi connectivity index (χ4n) is 2.26. The van der Waals surface area contributed by atoms with Crippen molar-refractivity contribution in [3.63, 3.8) is 0 Å². The Morgan fingerprint density at radius 2 is 2.14 bits per heavy atom. The van der Waals surface area contributed by atoms with Crippen molar-refractivity contribution in [1.82, 2.24) is 10.2 Å². The van der Waals surface area contributed by atoms with E-state index in [4.69, 9.17) is 0 Å². The van der Waals surface area contributed by atoms with Crippen LogP contribution in [0.2, 0.25) is 0 Å². The number of aliphatic hydroxyl groups is 1. The molecule has 4 nitrogen and oxygen atoms in total. The number of nitrogens with zero attached hydrogens (tertiary/aromatic N) is 1. The highest BCUT2D eigenvalue weighted by atomic mass is 19.1. The molecule has 0 heterocycles. The topological polar surface area (TPSA) is 52.6 Å². The first-order valence-corrected chi connectivity index (χ1v) is 7.38. The van der Waals surface area contributed by atoms with Gasteiger partial charge in [0, 0.05) is 18.7 Å². The highest BCUT2D eigenvalue weighted by Gasteiger charge is 2.31. The van der Waals surface area contributed by atoms with Crippen molar-refractivity contribution in [2.75, 3.05) is 13.6 Å². The number of nitrogens with one attached hydrogen (secondary N) is 1. The van der Waals surface area contributed by atoms with Crippen molar-refractivity contribution in [2.24, 2.45) is 5.92 Å². The molecule has 0 spiro atoms. The predicted octanol–water partition coefficient (Wildman–Crippen LogP) is 1.53. The van der Waals surface area contributed by atoms with E-state index in [-0.39, 0.29) is 30.4 Å². The van der Waals surface area contributed by atoms with E-state index in [1.165, 1.54) is 6.07 Å². The lowest BCUT2D eigenvalue weighted by atomic mass is 10.2. The van der Waals surface area contributed by atoms with Gasteiger partial charge in [0.2, 0.25) is 5.91 Å². The third kappa shape index (κ3) is 4.51. The van der Waals surface area contributed by atoms with Gasteiger partial charge in [0.15, 0.2) is 0 Å². The minimum atomic E-state index is -0.364. The van der Waals surface area contributed by atoms with Crippen molar-refractivity contribution in [3.05, 3.63) is 35.6 Å². The Labute approximate surface area is 125 Å². The van der Waals surface area contributed by atoms with E-state index >= 15 is 0 Å². The number of benzene rings is 1. The molecule has 1 aromatic rings. The van der Waals surface area contributed by atoms with Crippen LogP contribution in [0.5, 0.6) is 0 Å². The molecule has 5 heteroatoms. The molecular formula is C16H23FN2O2. The minimum Gasteiger partial charge on any atom is -0.392 e. The zero-order chi connectivity index (χ0) is 15.4. The van der Waals surface area contributed by atoms with Crippen LogP contribution in [-0.4, -0.2) is 41.7 Å². The molecule has 1 aromatic carbocycles. The van der Waals surface area contributed by atoms with Gasteiger partial charge in [-0.25, -0.2) is 4.39 Å². The Balaban J connectivity index is 1.80. The molecule has 1 aliphatic carbocycles. The predicted molar refractivity (Wildman–Crippen MR) is 79.1 cm³/mol. The molecule has 2 N–H and O–H groups in total. The van der Waals surface area contributed by atoms with Gasteiger partial charge in [-0.1, -0.05) is 18.2 Å². The summed E-state index contributed by atoms with van der Waals surface area (Å²) in [6.45, 7) is 2.45. The number of amides is 1. The van der Waals surface area contributed by atoms with Gasteiger partial charge in [-0.05, 0) is 38.8 Å². The molecule has 1 aliphatic rings. The van der Waals surface area contributed by atoms with Gasteiger partial charge >= 0.3 is 0 Å². The van der Waals surface area contributed by atoms with E-state index < -0.39 is 0 Å². The van der Waals surface area contributed by atoms with Crippen LogP contribution in [0, 0.1) is 11.7 Å². The third-order valence-corrected chi connectivity index (χ3v) is 4.09. The monoisotopic (exact) mass is 294 g/mol. The summed E-state index contributed by atoms with van der Waals surface area (Å²) in [5, 5.41) is 12.6. The van der Waals surface area contributed by atoms with E-state index in [2.05, 4.69) is 5.32 Å². The lowest BCUT2D eigenvalue weighted by molar-refractivity contribution is -0.126. The number of hydrogen-bond donors (Lipinski definition) is 2. The molecule has 0 bridgehead atoms. The maximum Gasteiger partial charge on any atom is 0.237 e. The molecule has 1 amide bonds. The average molecular weight is 294 g/mol. The van der Waals surface area contributed by atoms with Gasteiger partial charge in [-0.2, -0.15) is 0 Å². The van der Waals surface area contributed by atoms with Crippen LogP contribution < -0.4 is 5.32 Å². The van der Waals surface area contributed by atoms with Gasteiger partial charge < -0.3 is 10.4 Å². The molecule has 116 valence electrons. The SMILES string of the molecule is CC(C(=O)NCc1ccccc1F)N(C)CC(O)C1CC1. The number of hydrogen-bond acceptors (Lipinski definition) is 3. The zero-order valence-electron chi connectivity index (χ0n) is 12.6. The molecule has 0 aromatic heterocycles.